The van der Waals surface area contributed by atoms with Crippen LogP contribution in [0, 0.1) is 6.92 Å². The standard InChI is InChI=1S/C18H20N4O/c1-4-5-11-14-16-15(12(2)20-21-16)18(23)22(17(14)19-3)13-9-7-6-8-10-13/h5-11,19H,4H2,1-3H3,(H,20,21)/b11-5-. The molecule has 0 bridgehead atoms. The summed E-state index contributed by atoms with van der Waals surface area (Å²) in [5.41, 5.74) is 3.15. The van der Waals surface area contributed by atoms with E-state index in [0.29, 0.717) is 10.9 Å². The molecule has 2 aromatic heterocycles. The van der Waals surface area contributed by atoms with Gasteiger partial charge in [-0.05, 0) is 25.5 Å². The predicted molar refractivity (Wildman–Crippen MR) is 95.3 cm³/mol. The zero-order valence-electron chi connectivity index (χ0n) is 13.6. The van der Waals surface area contributed by atoms with Crippen molar-refractivity contribution in [3.63, 3.8) is 0 Å². The van der Waals surface area contributed by atoms with Gasteiger partial charge in [-0.1, -0.05) is 37.3 Å². The number of hydrogen-bond donors (Lipinski definition) is 2. The highest BCUT2D eigenvalue weighted by Crippen LogP contribution is 2.27. The van der Waals surface area contributed by atoms with Crippen molar-refractivity contribution in [2.45, 2.75) is 20.3 Å². The molecule has 0 saturated heterocycles. The predicted octanol–water partition coefficient (Wildman–Crippen LogP) is 3.49. The van der Waals surface area contributed by atoms with Gasteiger partial charge in [0.05, 0.1) is 11.1 Å². The van der Waals surface area contributed by atoms with Gasteiger partial charge in [0.2, 0.25) is 0 Å². The number of aromatic amines is 1. The van der Waals surface area contributed by atoms with Gasteiger partial charge in [0.1, 0.15) is 11.3 Å². The van der Waals surface area contributed by atoms with Crippen LogP contribution in [0.1, 0.15) is 24.6 Å². The second-order valence-electron chi connectivity index (χ2n) is 5.37. The monoisotopic (exact) mass is 308 g/mol. The van der Waals surface area contributed by atoms with Crippen LogP contribution in [-0.4, -0.2) is 21.8 Å². The van der Waals surface area contributed by atoms with E-state index in [0.717, 1.165) is 29.2 Å². The first-order valence-electron chi connectivity index (χ1n) is 7.72. The van der Waals surface area contributed by atoms with Crippen LogP contribution in [0.4, 0.5) is 5.82 Å². The topological polar surface area (TPSA) is 62.7 Å². The molecule has 0 radical (unpaired) electrons. The molecule has 2 N–H and O–H groups in total. The van der Waals surface area contributed by atoms with Crippen LogP contribution < -0.4 is 10.9 Å². The highest BCUT2D eigenvalue weighted by atomic mass is 16.1. The van der Waals surface area contributed by atoms with E-state index in [-0.39, 0.29) is 5.56 Å². The highest BCUT2D eigenvalue weighted by molar-refractivity contribution is 5.93. The minimum atomic E-state index is -0.0737. The lowest BCUT2D eigenvalue weighted by Gasteiger charge is -2.16. The first kappa shape index (κ1) is 15.1. The molecule has 5 heteroatoms. The number of aryl methyl sites for hydroxylation is 1. The minimum Gasteiger partial charge on any atom is -0.374 e. The smallest absolute Gasteiger partial charge is 0.268 e. The fourth-order valence-electron chi connectivity index (χ4n) is 2.80. The maximum atomic E-state index is 13.1. The summed E-state index contributed by atoms with van der Waals surface area (Å²) in [6.45, 7) is 3.95. The first-order valence-corrected chi connectivity index (χ1v) is 7.72. The van der Waals surface area contributed by atoms with E-state index >= 15 is 0 Å². The molecule has 0 saturated carbocycles. The maximum Gasteiger partial charge on any atom is 0.268 e. The SMILES string of the molecule is CC/C=C\c1c(NC)n(-c2ccccc2)c(=O)c2c(C)[nH]nc12. The van der Waals surface area contributed by atoms with Gasteiger partial charge < -0.3 is 5.32 Å². The lowest BCUT2D eigenvalue weighted by Crippen LogP contribution is -2.22. The van der Waals surface area contributed by atoms with Gasteiger partial charge in [-0.25, -0.2) is 0 Å². The summed E-state index contributed by atoms with van der Waals surface area (Å²) in [4.78, 5) is 13.1. The molecule has 0 atom stereocenters. The normalized spacial score (nSPS) is 11.4. The minimum absolute atomic E-state index is 0.0737. The number of hydrogen-bond acceptors (Lipinski definition) is 3. The van der Waals surface area contributed by atoms with Crippen molar-refractivity contribution >= 4 is 22.8 Å². The Morgan fingerprint density at radius 3 is 2.70 bits per heavy atom. The summed E-state index contributed by atoms with van der Waals surface area (Å²) in [7, 11) is 1.82. The molecule has 3 aromatic rings. The number of para-hydroxylation sites is 1. The van der Waals surface area contributed by atoms with Gasteiger partial charge in [-0.2, -0.15) is 5.10 Å². The molecule has 0 fully saturated rings. The van der Waals surface area contributed by atoms with Crippen LogP contribution in [0.5, 0.6) is 0 Å². The van der Waals surface area contributed by atoms with Crippen LogP contribution >= 0.6 is 0 Å². The maximum absolute atomic E-state index is 13.1. The third-order valence-corrected chi connectivity index (χ3v) is 3.87. The second-order valence-corrected chi connectivity index (χ2v) is 5.37. The largest absolute Gasteiger partial charge is 0.374 e. The number of anilines is 1. The molecule has 0 unspecified atom stereocenters. The number of H-pyrrole nitrogens is 1. The van der Waals surface area contributed by atoms with Crippen LogP contribution in [0.25, 0.3) is 22.7 Å². The Balaban J connectivity index is 2.48. The molecule has 2 heterocycles. The molecule has 1 aromatic carbocycles. The number of rotatable bonds is 4. The van der Waals surface area contributed by atoms with Crippen molar-refractivity contribution < 1.29 is 0 Å². The number of aromatic nitrogens is 3. The number of fused-ring (bicyclic) bond motifs is 1. The van der Waals surface area contributed by atoms with Gasteiger partial charge in [-0.3, -0.25) is 14.5 Å². The Morgan fingerprint density at radius 1 is 1.30 bits per heavy atom. The molecule has 0 aliphatic rings. The molecule has 3 rings (SSSR count). The van der Waals surface area contributed by atoms with Gasteiger partial charge in [0.15, 0.2) is 0 Å². The number of benzene rings is 1. The Labute approximate surface area is 134 Å². The Morgan fingerprint density at radius 2 is 2.04 bits per heavy atom. The quantitative estimate of drug-likeness (QED) is 0.775. The van der Waals surface area contributed by atoms with Crippen LogP contribution in [0.2, 0.25) is 0 Å². The lowest BCUT2D eigenvalue weighted by atomic mass is 10.1. The zero-order chi connectivity index (χ0) is 16.4. The summed E-state index contributed by atoms with van der Waals surface area (Å²) in [5, 5.41) is 11.1. The highest BCUT2D eigenvalue weighted by Gasteiger charge is 2.19. The number of allylic oxidation sites excluding steroid dienone is 1. The Hall–Kier alpha value is -2.82. The van der Waals surface area contributed by atoms with Crippen molar-refractivity contribution in [1.82, 2.24) is 14.8 Å². The van der Waals surface area contributed by atoms with Crippen molar-refractivity contribution in [3.05, 3.63) is 58.0 Å². The third kappa shape index (κ3) is 2.44. The second kappa shape index (κ2) is 6.12. The summed E-state index contributed by atoms with van der Waals surface area (Å²) < 4.78 is 1.71. The molecule has 23 heavy (non-hydrogen) atoms. The van der Waals surface area contributed by atoms with Crippen molar-refractivity contribution in [2.24, 2.45) is 0 Å². The molecule has 5 nitrogen and oxygen atoms in total. The fraction of sp³-hybridized carbons (Fsp3) is 0.222. The molecule has 0 amide bonds. The summed E-state index contributed by atoms with van der Waals surface area (Å²) in [6.07, 6.45) is 5.01. The summed E-state index contributed by atoms with van der Waals surface area (Å²) in [6, 6.07) is 9.64. The summed E-state index contributed by atoms with van der Waals surface area (Å²) in [5.74, 6) is 0.741. The van der Waals surface area contributed by atoms with Crippen LogP contribution in [-0.2, 0) is 0 Å². The fourth-order valence-corrected chi connectivity index (χ4v) is 2.80. The molecular weight excluding hydrogens is 288 g/mol. The van der Waals surface area contributed by atoms with Crippen LogP contribution in [0.15, 0.2) is 41.2 Å². The molecule has 0 aliphatic heterocycles. The molecular formula is C18H20N4O. The average Bonchev–Trinajstić information content (AvgIpc) is 2.96. The van der Waals surface area contributed by atoms with E-state index in [1.165, 1.54) is 0 Å². The first-order chi connectivity index (χ1) is 11.2. The zero-order valence-corrected chi connectivity index (χ0v) is 13.6. The van der Waals surface area contributed by atoms with Gasteiger partial charge in [-0.15, -0.1) is 0 Å². The Kier molecular flexibility index (Phi) is 4.02. The van der Waals surface area contributed by atoms with Gasteiger partial charge in [0, 0.05) is 18.3 Å². The molecule has 0 spiro atoms. The number of nitrogens with zero attached hydrogens (tertiary/aromatic N) is 2. The van der Waals surface area contributed by atoms with Gasteiger partial charge in [0.25, 0.3) is 5.56 Å². The Bertz CT molecular complexity index is 920. The van der Waals surface area contributed by atoms with E-state index in [1.807, 2.05) is 50.4 Å². The van der Waals surface area contributed by atoms with E-state index in [1.54, 1.807) is 4.57 Å². The van der Waals surface area contributed by atoms with Gasteiger partial charge >= 0.3 is 0 Å². The van der Waals surface area contributed by atoms with E-state index < -0.39 is 0 Å². The number of nitrogens with one attached hydrogen (secondary N) is 2. The number of pyridine rings is 1. The molecule has 118 valence electrons. The van der Waals surface area contributed by atoms with E-state index in [2.05, 4.69) is 28.5 Å². The van der Waals surface area contributed by atoms with Crippen molar-refractivity contribution in [3.8, 4) is 5.69 Å². The van der Waals surface area contributed by atoms with E-state index in [4.69, 9.17) is 0 Å². The van der Waals surface area contributed by atoms with E-state index in [9.17, 15) is 4.79 Å². The summed E-state index contributed by atoms with van der Waals surface area (Å²) >= 11 is 0. The lowest BCUT2D eigenvalue weighted by molar-refractivity contribution is 1.01. The molecule has 0 aliphatic carbocycles. The average molecular weight is 308 g/mol. The third-order valence-electron chi connectivity index (χ3n) is 3.87. The van der Waals surface area contributed by atoms with Crippen molar-refractivity contribution in [1.29, 1.82) is 0 Å². The van der Waals surface area contributed by atoms with Crippen molar-refractivity contribution in [2.75, 3.05) is 12.4 Å². The van der Waals surface area contributed by atoms with Crippen LogP contribution in [0.3, 0.4) is 0 Å².